The summed E-state index contributed by atoms with van der Waals surface area (Å²) in [7, 11) is 0. The van der Waals surface area contributed by atoms with Gasteiger partial charge in [-0.2, -0.15) is 0 Å². The van der Waals surface area contributed by atoms with E-state index in [1.807, 2.05) is 66.7 Å². The van der Waals surface area contributed by atoms with Crippen LogP contribution in [-0.4, -0.2) is 17.7 Å². The average Bonchev–Trinajstić information content (AvgIpc) is 3.09. The summed E-state index contributed by atoms with van der Waals surface area (Å²) in [6, 6.07) is 38.8. The molecule has 47 heavy (non-hydrogen) atoms. The van der Waals surface area contributed by atoms with Crippen LogP contribution < -0.4 is 16.0 Å². The van der Waals surface area contributed by atoms with Crippen molar-refractivity contribution in [2.24, 2.45) is 0 Å². The molecule has 236 valence electrons. The molecule has 0 radical (unpaired) electrons. The van der Waals surface area contributed by atoms with Crippen LogP contribution in [0.5, 0.6) is 0 Å². The molecule has 0 aromatic heterocycles. The van der Waals surface area contributed by atoms with Crippen molar-refractivity contribution in [3.8, 4) is 0 Å². The van der Waals surface area contributed by atoms with Crippen molar-refractivity contribution >= 4 is 46.9 Å². The van der Waals surface area contributed by atoms with Gasteiger partial charge >= 0.3 is 0 Å². The summed E-state index contributed by atoms with van der Waals surface area (Å²) in [5, 5.41) is 7.66. The summed E-state index contributed by atoms with van der Waals surface area (Å²) in [6.45, 7) is 4.21. The molecule has 3 amide bonds. The fraction of sp³-hybridized carbons (Fsp3) is 0.103. The van der Waals surface area contributed by atoms with Crippen molar-refractivity contribution in [3.63, 3.8) is 0 Å². The number of hydrogen-bond donors (Lipinski definition) is 3. The highest BCUT2D eigenvalue weighted by Crippen LogP contribution is 2.37. The summed E-state index contributed by atoms with van der Waals surface area (Å²) in [5.41, 5.74) is 3.70. The van der Waals surface area contributed by atoms with Gasteiger partial charge < -0.3 is 16.0 Å². The first-order valence-corrected chi connectivity index (χ1v) is 16.0. The first-order valence-electron chi connectivity index (χ1n) is 15.1. The number of benzene rings is 5. The van der Waals surface area contributed by atoms with Gasteiger partial charge in [-0.05, 0) is 71.1 Å². The van der Waals surface area contributed by atoms with E-state index >= 15 is 0 Å². The molecule has 1 atom stereocenters. The maximum atomic E-state index is 14.4. The summed E-state index contributed by atoms with van der Waals surface area (Å²) in [6.07, 6.45) is 1.64. The molecule has 0 saturated heterocycles. The molecule has 1 unspecified atom stereocenters. The lowest BCUT2D eigenvalue weighted by atomic mass is 10.0. The van der Waals surface area contributed by atoms with E-state index in [0.717, 1.165) is 16.7 Å². The molecule has 3 N–H and O–H groups in total. The quantitative estimate of drug-likeness (QED) is 0.0992. The summed E-state index contributed by atoms with van der Waals surface area (Å²) in [4.78, 5) is 40.9. The van der Waals surface area contributed by atoms with Gasteiger partial charge in [-0.3, -0.25) is 14.4 Å². The van der Waals surface area contributed by atoms with E-state index in [2.05, 4.69) is 29.8 Å². The number of carbonyl (C=O) groups is 3. The molecule has 0 spiro atoms. The largest absolute Gasteiger partial charge is 0.322 e. The monoisotopic (exact) mass is 643 g/mol. The Bertz CT molecular complexity index is 1880. The lowest BCUT2D eigenvalue weighted by Crippen LogP contribution is -2.30. The predicted molar refractivity (Wildman–Crippen MR) is 188 cm³/mol. The number of rotatable bonds is 11. The number of halogens is 1. The van der Waals surface area contributed by atoms with Gasteiger partial charge in [0.15, 0.2) is 0 Å². The maximum Gasteiger partial charge on any atom is 0.272 e. The molecule has 0 bridgehead atoms. The van der Waals surface area contributed by atoms with E-state index in [4.69, 9.17) is 0 Å². The fourth-order valence-electron chi connectivity index (χ4n) is 4.73. The summed E-state index contributed by atoms with van der Waals surface area (Å²) in [5.74, 6) is -1.49. The first-order chi connectivity index (χ1) is 22.8. The van der Waals surface area contributed by atoms with Crippen LogP contribution in [0.1, 0.15) is 52.1 Å². The lowest BCUT2D eigenvalue weighted by molar-refractivity contribution is -0.116. The van der Waals surface area contributed by atoms with Crippen LogP contribution in [0.4, 0.5) is 15.8 Å². The topological polar surface area (TPSA) is 87.3 Å². The van der Waals surface area contributed by atoms with Crippen LogP contribution in [0.3, 0.4) is 0 Å². The Labute approximate surface area is 278 Å². The Morgan fingerprint density at radius 3 is 2.04 bits per heavy atom. The van der Waals surface area contributed by atoms with Gasteiger partial charge in [0.05, 0.1) is 5.69 Å². The third-order valence-corrected chi connectivity index (χ3v) is 8.51. The molecule has 8 heteroatoms. The second-order valence-electron chi connectivity index (χ2n) is 11.1. The Morgan fingerprint density at radius 2 is 1.36 bits per heavy atom. The Kier molecular flexibility index (Phi) is 11.0. The van der Waals surface area contributed by atoms with E-state index in [1.54, 1.807) is 60.7 Å². The normalized spacial score (nSPS) is 11.9. The van der Waals surface area contributed by atoms with Crippen LogP contribution >= 0.6 is 11.8 Å². The zero-order valence-electron chi connectivity index (χ0n) is 25.9. The van der Waals surface area contributed by atoms with Crippen molar-refractivity contribution in [2.45, 2.75) is 29.9 Å². The molecule has 5 rings (SSSR count). The number of anilines is 2. The molecule has 0 aliphatic carbocycles. The third-order valence-electron chi connectivity index (χ3n) is 7.26. The van der Waals surface area contributed by atoms with Gasteiger partial charge in [0.25, 0.3) is 11.8 Å². The van der Waals surface area contributed by atoms with Crippen molar-refractivity contribution in [3.05, 3.63) is 167 Å². The fourth-order valence-corrected chi connectivity index (χ4v) is 5.81. The van der Waals surface area contributed by atoms with Crippen molar-refractivity contribution in [1.82, 2.24) is 5.32 Å². The van der Waals surface area contributed by atoms with Crippen LogP contribution in [0.15, 0.2) is 144 Å². The molecular formula is C39H34FN3O3S. The van der Waals surface area contributed by atoms with Gasteiger partial charge in [0.2, 0.25) is 5.91 Å². The van der Waals surface area contributed by atoms with Crippen molar-refractivity contribution in [2.75, 3.05) is 10.6 Å². The zero-order chi connectivity index (χ0) is 33.2. The van der Waals surface area contributed by atoms with Crippen LogP contribution in [0, 0.1) is 5.82 Å². The highest BCUT2D eigenvalue weighted by atomic mass is 32.2. The number of carbonyl (C=O) groups excluding carboxylic acids is 3. The van der Waals surface area contributed by atoms with Crippen molar-refractivity contribution < 1.29 is 18.8 Å². The number of hydrogen-bond acceptors (Lipinski definition) is 4. The number of amides is 3. The second kappa shape index (κ2) is 15.7. The number of para-hydroxylation sites is 1. The van der Waals surface area contributed by atoms with Gasteiger partial charge in [0, 0.05) is 16.1 Å². The minimum Gasteiger partial charge on any atom is -0.322 e. The third kappa shape index (κ3) is 9.05. The van der Waals surface area contributed by atoms with Gasteiger partial charge in [-0.15, -0.1) is 11.8 Å². The number of thioether (sulfide) groups is 1. The van der Waals surface area contributed by atoms with Crippen molar-refractivity contribution in [1.29, 1.82) is 0 Å². The van der Waals surface area contributed by atoms with E-state index < -0.39 is 28.8 Å². The van der Waals surface area contributed by atoms with Crippen LogP contribution in [-0.2, 0) is 9.59 Å². The lowest BCUT2D eigenvalue weighted by Gasteiger charge is -2.18. The van der Waals surface area contributed by atoms with E-state index in [9.17, 15) is 18.8 Å². The molecule has 5 aromatic rings. The molecule has 0 saturated carbocycles. The van der Waals surface area contributed by atoms with Gasteiger partial charge in [-0.1, -0.05) is 105 Å². The standard InChI is InChI=1S/C39H34FN3O3S/c1-26(2)28-22-20-27(21-23-28)24-35(43-37(44)30-14-7-4-8-15-30)38(45)41-31-16-11-17-32(25-31)47-36(29-12-5-3-6-13-29)39(46)42-34-19-10-9-18-33(34)40/h3-26,36H,1-2H3,(H,41,45)(H,42,46)(H,43,44)/b35-24+. The van der Waals surface area contributed by atoms with E-state index in [-0.39, 0.29) is 11.4 Å². The summed E-state index contributed by atoms with van der Waals surface area (Å²) < 4.78 is 14.4. The molecule has 0 aliphatic rings. The first kappa shape index (κ1) is 32.9. The Morgan fingerprint density at radius 1 is 0.702 bits per heavy atom. The maximum absolute atomic E-state index is 14.4. The van der Waals surface area contributed by atoms with Gasteiger partial charge in [0.1, 0.15) is 16.8 Å². The molecular weight excluding hydrogens is 610 g/mol. The molecule has 0 aliphatic heterocycles. The van der Waals surface area contributed by atoms with E-state index in [0.29, 0.717) is 22.1 Å². The highest BCUT2D eigenvalue weighted by Gasteiger charge is 2.23. The molecule has 0 heterocycles. The van der Waals surface area contributed by atoms with Crippen LogP contribution in [0.25, 0.3) is 6.08 Å². The average molecular weight is 644 g/mol. The zero-order valence-corrected chi connectivity index (χ0v) is 26.8. The summed E-state index contributed by atoms with van der Waals surface area (Å²) >= 11 is 1.27. The number of nitrogens with one attached hydrogen (secondary N) is 3. The Hall–Kier alpha value is -5.47. The predicted octanol–water partition coefficient (Wildman–Crippen LogP) is 8.83. The SMILES string of the molecule is CC(C)c1ccc(/C=C(/NC(=O)c2ccccc2)C(=O)Nc2cccc(SC(C(=O)Nc3ccccc3F)c3ccccc3)c2)cc1. The minimum atomic E-state index is -0.712. The smallest absolute Gasteiger partial charge is 0.272 e. The van der Waals surface area contributed by atoms with Crippen LogP contribution in [0.2, 0.25) is 0 Å². The second-order valence-corrected chi connectivity index (χ2v) is 12.2. The molecule has 6 nitrogen and oxygen atoms in total. The minimum absolute atomic E-state index is 0.0700. The highest BCUT2D eigenvalue weighted by molar-refractivity contribution is 8.00. The molecule has 5 aromatic carbocycles. The molecule has 0 fully saturated rings. The van der Waals surface area contributed by atoms with E-state index in [1.165, 1.54) is 23.9 Å². The Balaban J connectivity index is 1.38. The van der Waals surface area contributed by atoms with Gasteiger partial charge in [-0.25, -0.2) is 4.39 Å².